The minimum absolute atomic E-state index is 0.236. The predicted molar refractivity (Wildman–Crippen MR) is 97.6 cm³/mol. The van der Waals surface area contributed by atoms with E-state index in [9.17, 15) is 8.42 Å². The molecule has 1 aromatic carbocycles. The molecule has 0 spiro atoms. The van der Waals surface area contributed by atoms with Crippen molar-refractivity contribution in [2.24, 2.45) is 16.6 Å². The number of nitrogens with two attached hydrogens (primary N) is 1. The Morgan fingerprint density at radius 1 is 1.42 bits per heavy atom. The first-order valence-corrected chi connectivity index (χ1v) is 9.89. The number of hydrogen-bond donors (Lipinski definition) is 2. The molecule has 0 saturated carbocycles. The molecular formula is C17H28N4O2S. The number of benzene rings is 1. The van der Waals surface area contributed by atoms with Gasteiger partial charge in [0.05, 0.1) is 11.4 Å². The van der Waals surface area contributed by atoms with Gasteiger partial charge in [0, 0.05) is 19.6 Å². The van der Waals surface area contributed by atoms with Crippen molar-refractivity contribution in [3.63, 3.8) is 0 Å². The zero-order valence-corrected chi connectivity index (χ0v) is 15.6. The van der Waals surface area contributed by atoms with Gasteiger partial charge in [-0.3, -0.25) is 4.99 Å². The number of rotatable bonds is 5. The van der Waals surface area contributed by atoms with Crippen LogP contribution in [0.15, 0.2) is 28.1 Å². The Hall–Kier alpha value is -1.60. The second-order valence-corrected chi connectivity index (χ2v) is 8.34. The highest BCUT2D eigenvalue weighted by molar-refractivity contribution is 7.89. The summed E-state index contributed by atoms with van der Waals surface area (Å²) in [4.78, 5) is 6.71. The summed E-state index contributed by atoms with van der Waals surface area (Å²) in [6.45, 7) is 8.29. The number of aryl methyl sites for hydroxylation is 2. The molecule has 1 saturated heterocycles. The molecule has 0 aromatic heterocycles. The van der Waals surface area contributed by atoms with Crippen LogP contribution in [0.4, 0.5) is 0 Å². The number of likely N-dealkylation sites (tertiary alicyclic amines) is 1. The van der Waals surface area contributed by atoms with E-state index in [0.717, 1.165) is 30.6 Å². The second kappa shape index (κ2) is 7.98. The Kier molecular flexibility index (Phi) is 6.23. The lowest BCUT2D eigenvalue weighted by Crippen LogP contribution is -2.43. The Balaban J connectivity index is 1.91. The average Bonchev–Trinajstić information content (AvgIpc) is 2.53. The largest absolute Gasteiger partial charge is 0.370 e. The van der Waals surface area contributed by atoms with Crippen LogP contribution < -0.4 is 10.5 Å². The van der Waals surface area contributed by atoms with Gasteiger partial charge in [0.25, 0.3) is 0 Å². The minimum atomic E-state index is -3.52. The molecule has 0 bridgehead atoms. The second-order valence-electron chi connectivity index (χ2n) is 6.60. The zero-order valence-electron chi connectivity index (χ0n) is 14.7. The molecule has 1 fully saturated rings. The summed E-state index contributed by atoms with van der Waals surface area (Å²) in [5, 5.41) is 0. The van der Waals surface area contributed by atoms with E-state index in [2.05, 4.69) is 21.5 Å². The third-order valence-electron chi connectivity index (χ3n) is 4.29. The molecule has 1 unspecified atom stereocenters. The number of hydrogen-bond acceptors (Lipinski definition) is 3. The summed E-state index contributed by atoms with van der Waals surface area (Å²) in [5.74, 6) is 1.13. The highest BCUT2D eigenvalue weighted by Crippen LogP contribution is 2.16. The predicted octanol–water partition coefficient (Wildman–Crippen LogP) is 1.63. The number of sulfonamides is 1. The lowest BCUT2D eigenvalue weighted by molar-refractivity contribution is 0.270. The molecule has 0 amide bonds. The molecule has 0 aliphatic carbocycles. The summed E-state index contributed by atoms with van der Waals surface area (Å²) in [7, 11) is -3.52. The van der Waals surface area contributed by atoms with Crippen molar-refractivity contribution in [2.75, 3.05) is 26.2 Å². The van der Waals surface area contributed by atoms with E-state index in [1.54, 1.807) is 13.0 Å². The number of nitrogens with one attached hydrogen (secondary N) is 1. The summed E-state index contributed by atoms with van der Waals surface area (Å²) in [6, 6.07) is 5.40. The molecule has 1 aliphatic rings. The molecule has 0 radical (unpaired) electrons. The quantitative estimate of drug-likeness (QED) is 0.479. The lowest BCUT2D eigenvalue weighted by atomic mass is 10.0. The van der Waals surface area contributed by atoms with Crippen LogP contribution in [0.25, 0.3) is 0 Å². The molecule has 1 atom stereocenters. The fourth-order valence-corrected chi connectivity index (χ4v) is 4.27. The monoisotopic (exact) mass is 352 g/mol. The molecule has 1 aromatic rings. The van der Waals surface area contributed by atoms with Gasteiger partial charge in [-0.25, -0.2) is 13.1 Å². The van der Waals surface area contributed by atoms with Gasteiger partial charge in [-0.15, -0.1) is 0 Å². The molecule has 1 aliphatic heterocycles. The van der Waals surface area contributed by atoms with Crippen LogP contribution in [0.3, 0.4) is 0 Å². The van der Waals surface area contributed by atoms with Gasteiger partial charge in [-0.05, 0) is 49.8 Å². The molecule has 7 heteroatoms. The third-order valence-corrected chi connectivity index (χ3v) is 5.89. The first kappa shape index (κ1) is 18.7. The van der Waals surface area contributed by atoms with Crippen LogP contribution in [-0.4, -0.2) is 45.5 Å². The van der Waals surface area contributed by atoms with Gasteiger partial charge in [-0.2, -0.15) is 0 Å². The summed E-state index contributed by atoms with van der Waals surface area (Å²) in [5.41, 5.74) is 7.67. The molecule has 6 nitrogen and oxygen atoms in total. The van der Waals surface area contributed by atoms with Gasteiger partial charge >= 0.3 is 0 Å². The molecular weight excluding hydrogens is 324 g/mol. The van der Waals surface area contributed by atoms with E-state index in [-0.39, 0.29) is 6.54 Å². The molecule has 3 N–H and O–H groups in total. The first-order chi connectivity index (χ1) is 11.3. The summed E-state index contributed by atoms with van der Waals surface area (Å²) < 4.78 is 27.4. The van der Waals surface area contributed by atoms with E-state index in [0.29, 0.717) is 23.3 Å². The molecule has 1 heterocycles. The van der Waals surface area contributed by atoms with Crippen LogP contribution in [0.1, 0.15) is 30.9 Å². The van der Waals surface area contributed by atoms with Crippen LogP contribution in [0.2, 0.25) is 0 Å². The number of nitrogens with zero attached hydrogens (tertiary/aromatic N) is 2. The fourth-order valence-electron chi connectivity index (χ4n) is 2.92. The van der Waals surface area contributed by atoms with Gasteiger partial charge in [-0.1, -0.05) is 19.1 Å². The van der Waals surface area contributed by atoms with Crippen LogP contribution in [-0.2, 0) is 10.0 Å². The summed E-state index contributed by atoms with van der Waals surface area (Å²) >= 11 is 0. The molecule has 24 heavy (non-hydrogen) atoms. The van der Waals surface area contributed by atoms with Crippen LogP contribution >= 0.6 is 0 Å². The average molecular weight is 353 g/mol. The van der Waals surface area contributed by atoms with Crippen LogP contribution in [0, 0.1) is 19.8 Å². The van der Waals surface area contributed by atoms with E-state index < -0.39 is 10.0 Å². The van der Waals surface area contributed by atoms with Gasteiger partial charge in [0.1, 0.15) is 0 Å². The van der Waals surface area contributed by atoms with E-state index in [1.165, 1.54) is 6.42 Å². The third kappa shape index (κ3) is 4.95. The molecule has 2 rings (SSSR count). The maximum absolute atomic E-state index is 12.4. The Bertz CT molecular complexity index is 701. The first-order valence-electron chi connectivity index (χ1n) is 8.41. The highest BCUT2D eigenvalue weighted by Gasteiger charge is 2.18. The lowest BCUT2D eigenvalue weighted by Gasteiger charge is -2.31. The van der Waals surface area contributed by atoms with E-state index >= 15 is 0 Å². The van der Waals surface area contributed by atoms with E-state index in [4.69, 9.17) is 5.73 Å². The van der Waals surface area contributed by atoms with Gasteiger partial charge < -0.3 is 10.6 Å². The van der Waals surface area contributed by atoms with Gasteiger partial charge in [0.2, 0.25) is 10.0 Å². The summed E-state index contributed by atoms with van der Waals surface area (Å²) in [6.07, 6.45) is 2.34. The molecule has 134 valence electrons. The zero-order chi connectivity index (χ0) is 17.7. The van der Waals surface area contributed by atoms with Crippen molar-refractivity contribution >= 4 is 16.0 Å². The Morgan fingerprint density at radius 3 is 2.88 bits per heavy atom. The van der Waals surface area contributed by atoms with E-state index in [1.807, 2.05) is 19.1 Å². The number of piperidine rings is 1. The minimum Gasteiger partial charge on any atom is -0.370 e. The van der Waals surface area contributed by atoms with Crippen molar-refractivity contribution in [1.29, 1.82) is 0 Å². The Labute approximate surface area is 145 Å². The fraction of sp³-hybridized carbons (Fsp3) is 0.588. The standard InChI is InChI=1S/C17H28N4O2S/c1-13-6-7-15(3)16(11-13)24(22,23)20-9-8-19-17(18)21-10-4-5-14(2)12-21/h6-7,11,14,20H,4-5,8-10,12H2,1-3H3,(H2,18,19). The van der Waals surface area contributed by atoms with Crippen LogP contribution in [0.5, 0.6) is 0 Å². The van der Waals surface area contributed by atoms with Crippen molar-refractivity contribution < 1.29 is 8.42 Å². The number of guanidine groups is 1. The maximum Gasteiger partial charge on any atom is 0.240 e. The van der Waals surface area contributed by atoms with Crippen molar-refractivity contribution in [2.45, 2.75) is 38.5 Å². The normalized spacial score (nSPS) is 19.5. The Morgan fingerprint density at radius 2 is 2.17 bits per heavy atom. The topological polar surface area (TPSA) is 87.8 Å². The number of aliphatic imine (C=N–C) groups is 1. The maximum atomic E-state index is 12.4. The smallest absolute Gasteiger partial charge is 0.240 e. The van der Waals surface area contributed by atoms with Crippen molar-refractivity contribution in [3.8, 4) is 0 Å². The van der Waals surface area contributed by atoms with Gasteiger partial charge in [0.15, 0.2) is 5.96 Å². The van der Waals surface area contributed by atoms with Crippen molar-refractivity contribution in [1.82, 2.24) is 9.62 Å². The highest BCUT2D eigenvalue weighted by atomic mass is 32.2. The van der Waals surface area contributed by atoms with Crippen molar-refractivity contribution in [3.05, 3.63) is 29.3 Å². The SMILES string of the molecule is Cc1ccc(C)c(S(=O)(=O)NCCN=C(N)N2CCCC(C)C2)c1.